The highest BCUT2D eigenvalue weighted by Crippen LogP contribution is 2.27. The highest BCUT2D eigenvalue weighted by molar-refractivity contribution is 5.58. The Bertz CT molecular complexity index is 475. The number of rotatable bonds is 7. The highest BCUT2D eigenvalue weighted by atomic mass is 19.3. The van der Waals surface area contributed by atoms with Crippen LogP contribution in [0.3, 0.4) is 0 Å². The number of hydrogen-bond donors (Lipinski definition) is 1. The summed E-state index contributed by atoms with van der Waals surface area (Å²) in [5.41, 5.74) is 3.67. The quantitative estimate of drug-likeness (QED) is 0.788. The average Bonchev–Trinajstić information content (AvgIpc) is 2.39. The predicted octanol–water partition coefficient (Wildman–Crippen LogP) is 4.70. The van der Waals surface area contributed by atoms with Crippen LogP contribution in [0.2, 0.25) is 0 Å². The zero-order valence-corrected chi connectivity index (χ0v) is 13.5. The van der Waals surface area contributed by atoms with E-state index in [-0.39, 0.29) is 5.75 Å². The molecule has 0 bridgehead atoms. The second-order valence-electron chi connectivity index (χ2n) is 5.43. The molecule has 0 amide bonds. The number of aryl methyl sites for hydroxylation is 2. The van der Waals surface area contributed by atoms with Gasteiger partial charge >= 0.3 is 6.61 Å². The molecule has 1 aromatic carbocycles. The van der Waals surface area contributed by atoms with Crippen LogP contribution in [0.4, 0.5) is 8.78 Å². The van der Waals surface area contributed by atoms with Crippen LogP contribution in [0.5, 0.6) is 5.75 Å². The topological polar surface area (TPSA) is 21.3 Å². The first-order valence-corrected chi connectivity index (χ1v) is 7.32. The predicted molar refractivity (Wildman–Crippen MR) is 84.0 cm³/mol. The first-order chi connectivity index (χ1) is 9.85. The fourth-order valence-corrected chi connectivity index (χ4v) is 2.25. The van der Waals surface area contributed by atoms with Crippen LogP contribution >= 0.6 is 0 Å². The van der Waals surface area contributed by atoms with Gasteiger partial charge in [0.05, 0.1) is 0 Å². The smallest absolute Gasteiger partial charge is 0.387 e. The zero-order chi connectivity index (χ0) is 16.0. The molecule has 1 atom stereocenters. The van der Waals surface area contributed by atoms with E-state index in [1.54, 1.807) is 13.8 Å². The lowest BCUT2D eigenvalue weighted by Gasteiger charge is -2.15. The van der Waals surface area contributed by atoms with E-state index in [2.05, 4.69) is 36.9 Å². The van der Waals surface area contributed by atoms with Crippen molar-refractivity contribution in [1.29, 1.82) is 0 Å². The van der Waals surface area contributed by atoms with Gasteiger partial charge in [-0.15, -0.1) is 0 Å². The van der Waals surface area contributed by atoms with Crippen molar-refractivity contribution in [1.82, 2.24) is 5.32 Å². The third-order valence-corrected chi connectivity index (χ3v) is 3.47. The van der Waals surface area contributed by atoms with Gasteiger partial charge in [-0.1, -0.05) is 18.6 Å². The zero-order valence-electron chi connectivity index (χ0n) is 13.5. The SMILES string of the molecule is CCCNC(C)/C(C)=C/c1cc(C)c(OC(F)F)c(C)c1. The molecule has 1 unspecified atom stereocenters. The molecular formula is C17H25F2NO. The third-order valence-electron chi connectivity index (χ3n) is 3.47. The molecule has 0 aliphatic carbocycles. The van der Waals surface area contributed by atoms with Crippen LogP contribution in [0.1, 0.15) is 43.9 Å². The Morgan fingerprint density at radius 2 is 1.86 bits per heavy atom. The van der Waals surface area contributed by atoms with E-state index in [0.29, 0.717) is 6.04 Å². The van der Waals surface area contributed by atoms with E-state index in [9.17, 15) is 8.78 Å². The minimum absolute atomic E-state index is 0.275. The monoisotopic (exact) mass is 297 g/mol. The number of nitrogens with one attached hydrogen (secondary N) is 1. The van der Waals surface area contributed by atoms with Crippen molar-refractivity contribution in [2.45, 2.75) is 53.7 Å². The summed E-state index contributed by atoms with van der Waals surface area (Å²) in [5.74, 6) is 0.275. The van der Waals surface area contributed by atoms with E-state index in [4.69, 9.17) is 0 Å². The van der Waals surface area contributed by atoms with Crippen molar-refractivity contribution in [2.24, 2.45) is 0 Å². The molecule has 0 radical (unpaired) electrons. The van der Waals surface area contributed by atoms with Crippen molar-refractivity contribution in [3.63, 3.8) is 0 Å². The largest absolute Gasteiger partial charge is 0.434 e. The third kappa shape index (κ3) is 5.46. The van der Waals surface area contributed by atoms with Gasteiger partial charge in [0.25, 0.3) is 0 Å². The Morgan fingerprint density at radius 3 is 2.33 bits per heavy atom. The summed E-state index contributed by atoms with van der Waals surface area (Å²) < 4.78 is 29.3. The van der Waals surface area contributed by atoms with Crippen LogP contribution in [0.15, 0.2) is 17.7 Å². The summed E-state index contributed by atoms with van der Waals surface area (Å²) in [6, 6.07) is 4.05. The summed E-state index contributed by atoms with van der Waals surface area (Å²) in [6.07, 6.45) is 3.18. The molecule has 0 saturated heterocycles. The molecule has 21 heavy (non-hydrogen) atoms. The van der Waals surface area contributed by atoms with Gasteiger partial charge < -0.3 is 10.1 Å². The molecule has 0 fully saturated rings. The van der Waals surface area contributed by atoms with E-state index < -0.39 is 6.61 Å². The van der Waals surface area contributed by atoms with Gasteiger partial charge in [-0.2, -0.15) is 8.78 Å². The Kier molecular flexibility index (Phi) is 6.82. The Morgan fingerprint density at radius 1 is 1.29 bits per heavy atom. The lowest BCUT2D eigenvalue weighted by molar-refractivity contribution is -0.0507. The summed E-state index contributed by atoms with van der Waals surface area (Å²) in [6.45, 7) is 8.09. The lowest BCUT2D eigenvalue weighted by atomic mass is 10.0. The highest BCUT2D eigenvalue weighted by Gasteiger charge is 2.11. The molecule has 4 heteroatoms. The summed E-state index contributed by atoms with van der Waals surface area (Å²) in [5, 5.41) is 3.43. The molecule has 0 spiro atoms. The van der Waals surface area contributed by atoms with Crippen molar-refractivity contribution < 1.29 is 13.5 Å². The molecule has 0 aliphatic rings. The first-order valence-electron chi connectivity index (χ1n) is 7.32. The second-order valence-corrected chi connectivity index (χ2v) is 5.43. The molecule has 1 rings (SSSR count). The van der Waals surface area contributed by atoms with Crippen molar-refractivity contribution in [3.05, 3.63) is 34.4 Å². The Hall–Kier alpha value is -1.42. The van der Waals surface area contributed by atoms with Crippen LogP contribution in [0, 0.1) is 13.8 Å². The molecule has 2 nitrogen and oxygen atoms in total. The number of halogens is 2. The van der Waals surface area contributed by atoms with E-state index in [0.717, 1.165) is 29.7 Å². The van der Waals surface area contributed by atoms with Gasteiger partial charge in [0.1, 0.15) is 5.75 Å². The molecule has 1 N–H and O–H groups in total. The molecule has 1 aromatic rings. The Balaban J connectivity index is 2.94. The standard InChI is InChI=1S/C17H25F2NO/c1-6-7-20-14(5)11(2)8-15-9-12(3)16(13(4)10-15)21-17(18)19/h8-10,14,17,20H,6-7H2,1-5H3/b11-8+. The van der Waals surface area contributed by atoms with E-state index >= 15 is 0 Å². The van der Waals surface area contributed by atoms with Gasteiger partial charge in [0.2, 0.25) is 0 Å². The average molecular weight is 297 g/mol. The molecule has 0 heterocycles. The van der Waals surface area contributed by atoms with Gasteiger partial charge in [0.15, 0.2) is 0 Å². The normalized spacial score (nSPS) is 13.6. The van der Waals surface area contributed by atoms with E-state index in [1.807, 2.05) is 12.1 Å². The molecular weight excluding hydrogens is 272 g/mol. The number of alkyl halides is 2. The van der Waals surface area contributed by atoms with Gasteiger partial charge in [0, 0.05) is 6.04 Å². The van der Waals surface area contributed by atoms with Crippen LogP contribution in [-0.2, 0) is 0 Å². The van der Waals surface area contributed by atoms with Gasteiger partial charge in [-0.3, -0.25) is 0 Å². The van der Waals surface area contributed by atoms with Crippen LogP contribution in [0.25, 0.3) is 6.08 Å². The summed E-state index contributed by atoms with van der Waals surface area (Å²) in [4.78, 5) is 0. The molecule has 0 aromatic heterocycles. The van der Waals surface area contributed by atoms with Crippen molar-refractivity contribution in [3.8, 4) is 5.75 Å². The lowest BCUT2D eigenvalue weighted by Crippen LogP contribution is -2.27. The molecule has 118 valence electrons. The van der Waals surface area contributed by atoms with Crippen LogP contribution in [-0.4, -0.2) is 19.2 Å². The molecule has 0 saturated carbocycles. The van der Waals surface area contributed by atoms with E-state index in [1.165, 1.54) is 5.57 Å². The van der Waals surface area contributed by atoms with Crippen molar-refractivity contribution in [2.75, 3.05) is 6.54 Å². The van der Waals surface area contributed by atoms with Crippen molar-refractivity contribution >= 4 is 6.08 Å². The Labute approximate surface area is 126 Å². The summed E-state index contributed by atoms with van der Waals surface area (Å²) >= 11 is 0. The second kappa shape index (κ2) is 8.13. The van der Waals surface area contributed by atoms with Gasteiger partial charge in [-0.25, -0.2) is 0 Å². The number of hydrogen-bond acceptors (Lipinski definition) is 2. The number of ether oxygens (including phenoxy) is 1. The summed E-state index contributed by atoms with van der Waals surface area (Å²) in [7, 11) is 0. The fraction of sp³-hybridized carbons (Fsp3) is 0.529. The number of benzene rings is 1. The van der Waals surface area contributed by atoms with Crippen LogP contribution < -0.4 is 10.1 Å². The fourth-order valence-electron chi connectivity index (χ4n) is 2.25. The van der Waals surface area contributed by atoms with Gasteiger partial charge in [-0.05, 0) is 69.5 Å². The maximum Gasteiger partial charge on any atom is 0.387 e. The maximum atomic E-state index is 12.4. The minimum atomic E-state index is -2.79. The minimum Gasteiger partial charge on any atom is -0.434 e. The first kappa shape index (κ1) is 17.6. The maximum absolute atomic E-state index is 12.4. The molecule has 0 aliphatic heterocycles.